The van der Waals surface area contributed by atoms with Gasteiger partial charge in [0.2, 0.25) is 0 Å². The highest BCUT2D eigenvalue weighted by Gasteiger charge is 2.15. The lowest BCUT2D eigenvalue weighted by molar-refractivity contribution is -0.131. The Bertz CT molecular complexity index is 930. The molecule has 0 saturated carbocycles. The molecule has 0 aliphatic carbocycles. The van der Waals surface area contributed by atoms with Crippen molar-refractivity contribution in [2.24, 2.45) is 0 Å². The van der Waals surface area contributed by atoms with E-state index < -0.39 is 5.97 Å². The van der Waals surface area contributed by atoms with Gasteiger partial charge in [0, 0.05) is 29.6 Å². The number of nitrogens with one attached hydrogen (secondary N) is 1. The Kier molecular flexibility index (Phi) is 4.24. The number of anilines is 1. The molecule has 0 aliphatic heterocycles. The molecule has 120 valence electrons. The molecular weight excluding hydrogens is 304 g/mol. The van der Waals surface area contributed by atoms with Crippen LogP contribution in [-0.2, 0) is 4.79 Å². The van der Waals surface area contributed by atoms with Gasteiger partial charge in [-0.2, -0.15) is 0 Å². The van der Waals surface area contributed by atoms with Crippen LogP contribution in [0.25, 0.3) is 10.9 Å². The van der Waals surface area contributed by atoms with Crippen LogP contribution >= 0.6 is 0 Å². The second-order valence-electron chi connectivity index (χ2n) is 5.36. The molecule has 0 spiro atoms. The van der Waals surface area contributed by atoms with Crippen molar-refractivity contribution in [2.75, 3.05) is 5.32 Å². The third kappa shape index (κ3) is 3.10. The molecule has 5 nitrogen and oxygen atoms in total. The van der Waals surface area contributed by atoms with Gasteiger partial charge in [-0.15, -0.1) is 0 Å². The largest absolute Gasteiger partial charge is 0.426 e. The Morgan fingerprint density at radius 1 is 1.04 bits per heavy atom. The summed E-state index contributed by atoms with van der Waals surface area (Å²) in [6.07, 6.45) is 1.69. The average Bonchev–Trinajstić information content (AvgIpc) is 2.56. The van der Waals surface area contributed by atoms with E-state index >= 15 is 0 Å². The fraction of sp³-hybridized carbons (Fsp3) is 0.105. The molecular formula is C19H16N2O3. The summed E-state index contributed by atoms with van der Waals surface area (Å²) in [5.74, 6) is -0.320. The van der Waals surface area contributed by atoms with Crippen molar-refractivity contribution in [3.05, 3.63) is 65.9 Å². The van der Waals surface area contributed by atoms with E-state index in [4.69, 9.17) is 4.74 Å². The first-order valence-electron chi connectivity index (χ1n) is 7.49. The standard InChI is InChI=1S/C19H16N2O3/c1-12-15(8-4-10-17(12)24-13(2)22)19(23)21-16-9-3-6-14-7-5-11-20-18(14)16/h3-11H,1-2H3,(H,21,23). The van der Waals surface area contributed by atoms with Crippen molar-refractivity contribution in [3.63, 3.8) is 0 Å². The summed E-state index contributed by atoms with van der Waals surface area (Å²) in [5.41, 5.74) is 2.41. The second kappa shape index (κ2) is 6.50. The predicted octanol–water partition coefficient (Wildman–Crippen LogP) is 3.72. The minimum atomic E-state index is -0.422. The Hall–Kier alpha value is -3.21. The normalized spacial score (nSPS) is 10.4. The highest BCUT2D eigenvalue weighted by molar-refractivity contribution is 6.09. The van der Waals surface area contributed by atoms with Crippen LogP contribution < -0.4 is 10.1 Å². The van der Waals surface area contributed by atoms with Crippen molar-refractivity contribution in [3.8, 4) is 5.75 Å². The molecule has 0 unspecified atom stereocenters. The Morgan fingerprint density at radius 3 is 2.58 bits per heavy atom. The van der Waals surface area contributed by atoms with E-state index in [-0.39, 0.29) is 5.91 Å². The van der Waals surface area contributed by atoms with Crippen LogP contribution in [0.15, 0.2) is 54.7 Å². The fourth-order valence-corrected chi connectivity index (χ4v) is 2.52. The minimum absolute atomic E-state index is 0.278. The maximum Gasteiger partial charge on any atom is 0.308 e. The van der Waals surface area contributed by atoms with E-state index in [1.165, 1.54) is 6.92 Å². The molecule has 1 N–H and O–H groups in total. The number of ether oxygens (including phenoxy) is 1. The molecule has 1 heterocycles. The molecule has 0 aliphatic rings. The van der Waals surface area contributed by atoms with Crippen molar-refractivity contribution in [1.29, 1.82) is 0 Å². The number of fused-ring (bicyclic) bond motifs is 1. The zero-order chi connectivity index (χ0) is 17.1. The van der Waals surface area contributed by atoms with E-state index in [9.17, 15) is 9.59 Å². The SMILES string of the molecule is CC(=O)Oc1cccc(C(=O)Nc2cccc3cccnc23)c1C. The molecule has 2 aromatic carbocycles. The van der Waals surface area contributed by atoms with Crippen LogP contribution in [0.1, 0.15) is 22.8 Å². The van der Waals surface area contributed by atoms with E-state index in [0.717, 1.165) is 10.9 Å². The third-order valence-corrected chi connectivity index (χ3v) is 3.66. The quantitative estimate of drug-likeness (QED) is 0.590. The number of benzene rings is 2. The Morgan fingerprint density at radius 2 is 1.79 bits per heavy atom. The van der Waals surface area contributed by atoms with Crippen LogP contribution in [0.5, 0.6) is 5.75 Å². The van der Waals surface area contributed by atoms with Gasteiger partial charge in [-0.05, 0) is 31.2 Å². The summed E-state index contributed by atoms with van der Waals surface area (Å²) in [6.45, 7) is 3.07. The Balaban J connectivity index is 1.94. The van der Waals surface area contributed by atoms with Crippen molar-refractivity contribution in [2.45, 2.75) is 13.8 Å². The van der Waals surface area contributed by atoms with Crippen LogP contribution in [0.3, 0.4) is 0 Å². The lowest BCUT2D eigenvalue weighted by Gasteiger charge is -2.12. The van der Waals surface area contributed by atoms with Crippen LogP contribution in [0.2, 0.25) is 0 Å². The van der Waals surface area contributed by atoms with Gasteiger partial charge in [-0.1, -0.05) is 24.3 Å². The predicted molar refractivity (Wildman–Crippen MR) is 92.2 cm³/mol. The van der Waals surface area contributed by atoms with Crippen molar-refractivity contribution in [1.82, 2.24) is 4.98 Å². The van der Waals surface area contributed by atoms with Crippen LogP contribution in [0.4, 0.5) is 5.69 Å². The highest BCUT2D eigenvalue weighted by atomic mass is 16.5. The van der Waals surface area contributed by atoms with Gasteiger partial charge in [0.15, 0.2) is 0 Å². The number of hydrogen-bond acceptors (Lipinski definition) is 4. The maximum absolute atomic E-state index is 12.6. The second-order valence-corrected chi connectivity index (χ2v) is 5.36. The third-order valence-electron chi connectivity index (χ3n) is 3.66. The van der Waals surface area contributed by atoms with Gasteiger partial charge in [0.1, 0.15) is 5.75 Å². The number of carbonyl (C=O) groups is 2. The lowest BCUT2D eigenvalue weighted by Crippen LogP contribution is -2.15. The molecule has 0 fully saturated rings. The summed E-state index contributed by atoms with van der Waals surface area (Å²) in [7, 11) is 0. The molecule has 0 radical (unpaired) electrons. The summed E-state index contributed by atoms with van der Waals surface area (Å²) in [4.78, 5) is 28.1. The lowest BCUT2D eigenvalue weighted by atomic mass is 10.1. The highest BCUT2D eigenvalue weighted by Crippen LogP contribution is 2.25. The Labute approximate surface area is 139 Å². The molecule has 0 saturated heterocycles. The first-order valence-corrected chi connectivity index (χ1v) is 7.49. The van der Waals surface area contributed by atoms with E-state index in [1.807, 2.05) is 24.3 Å². The van der Waals surface area contributed by atoms with Gasteiger partial charge in [0.05, 0.1) is 11.2 Å². The maximum atomic E-state index is 12.6. The molecule has 3 rings (SSSR count). The summed E-state index contributed by atoms with van der Waals surface area (Å²) in [5, 5.41) is 3.83. The number of carbonyl (C=O) groups excluding carboxylic acids is 2. The molecule has 1 aromatic heterocycles. The van der Waals surface area contributed by atoms with Crippen molar-refractivity contribution < 1.29 is 14.3 Å². The first kappa shape index (κ1) is 15.7. The van der Waals surface area contributed by atoms with E-state index in [0.29, 0.717) is 22.6 Å². The van der Waals surface area contributed by atoms with Crippen LogP contribution in [-0.4, -0.2) is 16.9 Å². The number of esters is 1. The van der Waals surface area contributed by atoms with E-state index in [2.05, 4.69) is 10.3 Å². The molecule has 1 amide bonds. The summed E-state index contributed by atoms with van der Waals surface area (Å²) < 4.78 is 5.13. The van der Waals surface area contributed by atoms with E-state index in [1.54, 1.807) is 37.4 Å². The monoisotopic (exact) mass is 320 g/mol. The minimum Gasteiger partial charge on any atom is -0.426 e. The topological polar surface area (TPSA) is 68.3 Å². The number of amides is 1. The molecule has 3 aromatic rings. The van der Waals surface area contributed by atoms with Gasteiger partial charge in [-0.3, -0.25) is 14.6 Å². The smallest absolute Gasteiger partial charge is 0.308 e. The number of pyridine rings is 1. The molecule has 0 atom stereocenters. The summed E-state index contributed by atoms with van der Waals surface area (Å²) >= 11 is 0. The van der Waals surface area contributed by atoms with Gasteiger partial charge in [0.25, 0.3) is 5.91 Å². The number of para-hydroxylation sites is 1. The van der Waals surface area contributed by atoms with Crippen LogP contribution in [0, 0.1) is 6.92 Å². The first-order chi connectivity index (χ1) is 11.6. The number of hydrogen-bond donors (Lipinski definition) is 1. The number of aromatic nitrogens is 1. The number of rotatable bonds is 3. The zero-order valence-corrected chi connectivity index (χ0v) is 13.4. The average molecular weight is 320 g/mol. The van der Waals surface area contributed by atoms with Gasteiger partial charge >= 0.3 is 5.97 Å². The summed E-state index contributed by atoms with van der Waals surface area (Å²) in [6, 6.07) is 14.4. The molecule has 24 heavy (non-hydrogen) atoms. The molecule has 5 heteroatoms. The van der Waals surface area contributed by atoms with Gasteiger partial charge in [-0.25, -0.2) is 0 Å². The van der Waals surface area contributed by atoms with Crippen molar-refractivity contribution >= 4 is 28.5 Å². The molecule has 0 bridgehead atoms. The fourth-order valence-electron chi connectivity index (χ4n) is 2.52. The van der Waals surface area contributed by atoms with Gasteiger partial charge < -0.3 is 10.1 Å². The zero-order valence-electron chi connectivity index (χ0n) is 13.4. The number of nitrogens with zero attached hydrogens (tertiary/aromatic N) is 1.